The molecule has 0 aliphatic carbocycles. The number of carbonyl (C=O) groups is 1. The molecule has 3 aromatic heterocycles. The van der Waals surface area contributed by atoms with Gasteiger partial charge in [0.05, 0.1) is 23.7 Å². The maximum Gasteiger partial charge on any atom is 0.291 e. The van der Waals surface area contributed by atoms with Crippen molar-refractivity contribution in [1.82, 2.24) is 24.9 Å². The van der Waals surface area contributed by atoms with E-state index in [0.717, 1.165) is 21.5 Å². The number of aromatic nitrogens is 4. The standard InChI is InChI=1S/C17H21N5O3S/c1-8(23)6-18-15(24)13-20-14-12-10-5-17(3,4)25-7-11(10)26-16(12)19-9(2)22(14)21-13/h8,23H,5-7H2,1-4H3,(H,18,24)/t8-/m1/s1. The molecule has 1 aliphatic rings. The number of aliphatic hydroxyl groups excluding tert-OH is 1. The predicted octanol–water partition coefficient (Wildman–Crippen LogP) is 1.61. The second kappa shape index (κ2) is 5.97. The van der Waals surface area contributed by atoms with Gasteiger partial charge in [-0.05, 0) is 33.3 Å². The lowest BCUT2D eigenvalue weighted by Gasteiger charge is -2.30. The van der Waals surface area contributed by atoms with Crippen molar-refractivity contribution >= 4 is 33.1 Å². The van der Waals surface area contributed by atoms with Crippen LogP contribution in [0.25, 0.3) is 15.9 Å². The first-order valence-corrected chi connectivity index (χ1v) is 9.34. The summed E-state index contributed by atoms with van der Waals surface area (Å²) in [5.74, 6) is 0.345. The van der Waals surface area contributed by atoms with Gasteiger partial charge in [-0.2, -0.15) is 4.52 Å². The summed E-state index contributed by atoms with van der Waals surface area (Å²) >= 11 is 1.61. The Labute approximate surface area is 154 Å². The molecule has 1 aliphatic heterocycles. The summed E-state index contributed by atoms with van der Waals surface area (Å²) < 4.78 is 7.53. The van der Waals surface area contributed by atoms with E-state index in [0.29, 0.717) is 18.1 Å². The zero-order chi connectivity index (χ0) is 18.6. The first-order valence-electron chi connectivity index (χ1n) is 8.53. The number of thiophene rings is 1. The molecule has 0 saturated heterocycles. The van der Waals surface area contributed by atoms with Gasteiger partial charge in [0.2, 0.25) is 5.82 Å². The Hall–Kier alpha value is -2.10. The maximum atomic E-state index is 12.3. The van der Waals surface area contributed by atoms with Gasteiger partial charge in [0.15, 0.2) is 5.65 Å². The summed E-state index contributed by atoms with van der Waals surface area (Å²) in [6.07, 6.45) is 0.135. The highest BCUT2D eigenvalue weighted by Crippen LogP contribution is 2.39. The van der Waals surface area contributed by atoms with E-state index >= 15 is 0 Å². The molecule has 4 rings (SSSR count). The molecule has 26 heavy (non-hydrogen) atoms. The van der Waals surface area contributed by atoms with E-state index in [1.54, 1.807) is 22.8 Å². The first-order chi connectivity index (χ1) is 12.2. The van der Waals surface area contributed by atoms with Crippen LogP contribution in [0.3, 0.4) is 0 Å². The number of hydrogen-bond acceptors (Lipinski definition) is 7. The number of nitrogens with zero attached hydrogens (tertiary/aromatic N) is 4. The Morgan fingerprint density at radius 1 is 1.46 bits per heavy atom. The Kier molecular flexibility index (Phi) is 3.98. The van der Waals surface area contributed by atoms with Crippen molar-refractivity contribution < 1.29 is 14.6 Å². The number of rotatable bonds is 3. The van der Waals surface area contributed by atoms with Gasteiger partial charge in [0.1, 0.15) is 10.7 Å². The van der Waals surface area contributed by atoms with E-state index in [2.05, 4.69) is 34.2 Å². The van der Waals surface area contributed by atoms with Crippen molar-refractivity contribution in [2.24, 2.45) is 0 Å². The summed E-state index contributed by atoms with van der Waals surface area (Å²) in [6.45, 7) is 8.30. The molecule has 1 atom stereocenters. The Balaban J connectivity index is 1.86. The molecular formula is C17H21N5O3S. The topological polar surface area (TPSA) is 102 Å². The zero-order valence-corrected chi connectivity index (χ0v) is 16.0. The third-order valence-corrected chi connectivity index (χ3v) is 5.53. The number of ether oxygens (including phenoxy) is 1. The smallest absolute Gasteiger partial charge is 0.291 e. The van der Waals surface area contributed by atoms with E-state index in [9.17, 15) is 9.90 Å². The summed E-state index contributed by atoms with van der Waals surface area (Å²) in [6, 6.07) is 0. The second-order valence-electron chi connectivity index (χ2n) is 7.30. The molecule has 0 spiro atoms. The van der Waals surface area contributed by atoms with Crippen LogP contribution in [0.15, 0.2) is 0 Å². The highest BCUT2D eigenvalue weighted by molar-refractivity contribution is 7.19. The van der Waals surface area contributed by atoms with Crippen LogP contribution in [-0.4, -0.2) is 48.8 Å². The van der Waals surface area contributed by atoms with Crippen molar-refractivity contribution in [1.29, 1.82) is 0 Å². The van der Waals surface area contributed by atoms with E-state index in [1.165, 1.54) is 5.56 Å². The maximum absolute atomic E-state index is 12.3. The molecule has 2 N–H and O–H groups in total. The van der Waals surface area contributed by atoms with E-state index in [4.69, 9.17) is 4.74 Å². The summed E-state index contributed by atoms with van der Waals surface area (Å²) in [4.78, 5) is 23.5. The van der Waals surface area contributed by atoms with E-state index in [1.807, 2.05) is 6.92 Å². The van der Waals surface area contributed by atoms with Gasteiger partial charge >= 0.3 is 0 Å². The predicted molar refractivity (Wildman–Crippen MR) is 97.5 cm³/mol. The van der Waals surface area contributed by atoms with Crippen LogP contribution in [0.1, 0.15) is 47.7 Å². The fourth-order valence-corrected chi connectivity index (χ4v) is 4.30. The molecular weight excluding hydrogens is 354 g/mol. The van der Waals surface area contributed by atoms with Gasteiger partial charge < -0.3 is 15.2 Å². The molecule has 8 nitrogen and oxygen atoms in total. The van der Waals surface area contributed by atoms with Crippen LogP contribution in [0.4, 0.5) is 0 Å². The quantitative estimate of drug-likeness (QED) is 0.721. The van der Waals surface area contributed by atoms with Gasteiger partial charge in [-0.25, -0.2) is 9.97 Å². The van der Waals surface area contributed by atoms with Crippen molar-refractivity contribution in [3.8, 4) is 0 Å². The normalized spacial score (nSPS) is 17.4. The number of carbonyl (C=O) groups excluding carboxylic acids is 1. The summed E-state index contributed by atoms with van der Waals surface area (Å²) in [5, 5.41) is 17.3. The average molecular weight is 375 g/mol. The van der Waals surface area contributed by atoms with Crippen molar-refractivity contribution in [2.75, 3.05) is 6.54 Å². The minimum absolute atomic E-state index is 0.0781. The van der Waals surface area contributed by atoms with Gasteiger partial charge in [-0.1, -0.05) is 0 Å². The summed E-state index contributed by atoms with van der Waals surface area (Å²) in [5.41, 5.74) is 1.58. The van der Waals surface area contributed by atoms with Crippen molar-refractivity contribution in [3.63, 3.8) is 0 Å². The van der Waals surface area contributed by atoms with Crippen LogP contribution in [0.5, 0.6) is 0 Å². The molecule has 9 heteroatoms. The zero-order valence-electron chi connectivity index (χ0n) is 15.2. The highest BCUT2D eigenvalue weighted by atomic mass is 32.1. The van der Waals surface area contributed by atoms with Crippen molar-refractivity contribution in [2.45, 2.75) is 52.4 Å². The molecule has 4 heterocycles. The van der Waals surface area contributed by atoms with E-state index < -0.39 is 12.0 Å². The fraction of sp³-hybridized carbons (Fsp3) is 0.529. The number of fused-ring (bicyclic) bond motifs is 5. The highest BCUT2D eigenvalue weighted by Gasteiger charge is 2.31. The van der Waals surface area contributed by atoms with Gasteiger partial charge in [0.25, 0.3) is 5.91 Å². The number of amides is 1. The lowest BCUT2D eigenvalue weighted by Crippen LogP contribution is -2.31. The lowest BCUT2D eigenvalue weighted by molar-refractivity contribution is -0.0379. The average Bonchev–Trinajstić information content (AvgIpc) is 3.13. The van der Waals surface area contributed by atoms with Crippen LogP contribution in [-0.2, 0) is 17.8 Å². The monoisotopic (exact) mass is 375 g/mol. The molecule has 1 amide bonds. The first kappa shape index (κ1) is 17.3. The molecule has 0 unspecified atom stereocenters. The molecule has 0 fully saturated rings. The van der Waals surface area contributed by atoms with Gasteiger partial charge in [0, 0.05) is 17.8 Å². The SMILES string of the molecule is Cc1nc2sc3c(c2c2nc(C(=O)NC[C@@H](C)O)nn12)CC(C)(C)OC3. The van der Waals surface area contributed by atoms with Crippen LogP contribution in [0.2, 0.25) is 0 Å². The van der Waals surface area contributed by atoms with Gasteiger partial charge in [-0.15, -0.1) is 16.4 Å². The molecule has 138 valence electrons. The minimum Gasteiger partial charge on any atom is -0.392 e. The van der Waals surface area contributed by atoms with Gasteiger partial charge in [-0.3, -0.25) is 4.79 Å². The van der Waals surface area contributed by atoms with Crippen molar-refractivity contribution in [3.05, 3.63) is 22.1 Å². The Morgan fingerprint density at radius 3 is 2.96 bits per heavy atom. The second-order valence-corrected chi connectivity index (χ2v) is 8.38. The molecule has 0 radical (unpaired) electrons. The molecule has 0 bridgehead atoms. The number of aliphatic hydroxyl groups is 1. The number of nitrogens with one attached hydrogen (secondary N) is 1. The van der Waals surface area contributed by atoms with E-state index in [-0.39, 0.29) is 18.0 Å². The Bertz CT molecular complexity index is 1020. The molecule has 0 saturated carbocycles. The Morgan fingerprint density at radius 2 is 2.23 bits per heavy atom. The van der Waals surface area contributed by atoms with Crippen LogP contribution < -0.4 is 5.32 Å². The largest absolute Gasteiger partial charge is 0.392 e. The number of hydrogen-bond donors (Lipinski definition) is 2. The fourth-order valence-electron chi connectivity index (χ4n) is 3.16. The third-order valence-electron chi connectivity index (χ3n) is 4.43. The van der Waals surface area contributed by atoms with Crippen LogP contribution in [0, 0.1) is 6.92 Å². The molecule has 3 aromatic rings. The summed E-state index contributed by atoms with van der Waals surface area (Å²) in [7, 11) is 0. The lowest BCUT2D eigenvalue weighted by atomic mass is 9.94. The minimum atomic E-state index is -0.628. The van der Waals surface area contributed by atoms with Crippen LogP contribution >= 0.6 is 11.3 Å². The molecule has 0 aromatic carbocycles. The number of aryl methyl sites for hydroxylation is 1. The third kappa shape index (κ3) is 2.85.